The van der Waals surface area contributed by atoms with Crippen LogP contribution in [0.3, 0.4) is 0 Å². The molecule has 108 valence electrons. The fourth-order valence-corrected chi connectivity index (χ4v) is 3.52. The zero-order chi connectivity index (χ0) is 15.5. The third-order valence-electron chi connectivity index (χ3n) is 2.98. The van der Waals surface area contributed by atoms with Crippen molar-refractivity contribution in [3.05, 3.63) is 64.7 Å². The van der Waals surface area contributed by atoms with E-state index in [0.717, 1.165) is 5.56 Å². The van der Waals surface area contributed by atoms with E-state index in [4.69, 9.17) is 16.9 Å². The molecule has 0 aliphatic rings. The highest BCUT2D eigenvalue weighted by Crippen LogP contribution is 2.21. The van der Waals surface area contributed by atoms with Gasteiger partial charge in [-0.2, -0.15) is 5.26 Å². The van der Waals surface area contributed by atoms with Crippen LogP contribution in [0.4, 0.5) is 0 Å². The van der Waals surface area contributed by atoms with Crippen molar-refractivity contribution >= 4 is 21.6 Å². The predicted octanol–water partition coefficient (Wildman–Crippen LogP) is 3.25. The summed E-state index contributed by atoms with van der Waals surface area (Å²) in [6, 6.07) is 14.5. The number of hydrogen-bond donors (Lipinski definition) is 1. The summed E-state index contributed by atoms with van der Waals surface area (Å²) in [5.41, 5.74) is 0.865. The highest BCUT2D eigenvalue weighted by molar-refractivity contribution is 7.89. The number of nitriles is 1. The quantitative estimate of drug-likeness (QED) is 0.940. The van der Waals surface area contributed by atoms with Crippen LogP contribution >= 0.6 is 11.6 Å². The second-order valence-electron chi connectivity index (χ2n) is 4.51. The molecule has 0 unspecified atom stereocenters. The van der Waals surface area contributed by atoms with Crippen molar-refractivity contribution in [2.24, 2.45) is 0 Å². The van der Waals surface area contributed by atoms with E-state index in [2.05, 4.69) is 4.72 Å². The number of hydrogen-bond acceptors (Lipinski definition) is 3. The largest absolute Gasteiger partial charge is 0.242 e. The topological polar surface area (TPSA) is 70.0 Å². The van der Waals surface area contributed by atoms with E-state index >= 15 is 0 Å². The lowest BCUT2D eigenvalue weighted by Gasteiger charge is -2.15. The molecule has 0 aliphatic carbocycles. The van der Waals surface area contributed by atoms with E-state index in [1.54, 1.807) is 43.3 Å². The number of nitrogens with one attached hydrogen (secondary N) is 1. The second kappa shape index (κ2) is 6.27. The number of halogens is 1. The zero-order valence-electron chi connectivity index (χ0n) is 11.2. The minimum Gasteiger partial charge on any atom is -0.207 e. The van der Waals surface area contributed by atoms with Crippen LogP contribution in [0.5, 0.6) is 0 Å². The maximum atomic E-state index is 12.4. The monoisotopic (exact) mass is 320 g/mol. The molecule has 0 amide bonds. The fraction of sp³-hybridized carbons (Fsp3) is 0.133. The average molecular weight is 321 g/mol. The summed E-state index contributed by atoms with van der Waals surface area (Å²) in [6.07, 6.45) is 0. The molecule has 0 saturated heterocycles. The maximum Gasteiger partial charge on any atom is 0.242 e. The molecule has 2 aromatic rings. The van der Waals surface area contributed by atoms with Crippen molar-refractivity contribution < 1.29 is 8.42 Å². The SMILES string of the molecule is C[C@@H](NS(=O)(=O)c1ccccc1C#N)c1cccc(Cl)c1. The first-order chi connectivity index (χ1) is 9.94. The lowest BCUT2D eigenvalue weighted by Crippen LogP contribution is -2.27. The predicted molar refractivity (Wildman–Crippen MR) is 81.3 cm³/mol. The molecular formula is C15H13ClN2O2S. The third kappa shape index (κ3) is 3.61. The van der Waals surface area contributed by atoms with Crippen molar-refractivity contribution in [3.63, 3.8) is 0 Å². The summed E-state index contributed by atoms with van der Waals surface area (Å²) in [7, 11) is -3.78. The van der Waals surface area contributed by atoms with Gasteiger partial charge in [-0.05, 0) is 36.8 Å². The first-order valence-corrected chi connectivity index (χ1v) is 8.07. The van der Waals surface area contributed by atoms with Gasteiger partial charge in [-0.1, -0.05) is 35.9 Å². The highest BCUT2D eigenvalue weighted by atomic mass is 35.5. The molecule has 0 aromatic heterocycles. The van der Waals surface area contributed by atoms with Gasteiger partial charge in [-0.3, -0.25) is 0 Å². The van der Waals surface area contributed by atoms with E-state index in [1.165, 1.54) is 12.1 Å². The summed E-state index contributed by atoms with van der Waals surface area (Å²) in [5.74, 6) is 0. The Morgan fingerprint density at radius 3 is 2.57 bits per heavy atom. The molecule has 0 fully saturated rings. The Kier molecular flexibility index (Phi) is 4.63. The standard InChI is InChI=1S/C15H13ClN2O2S/c1-11(12-6-4-7-14(16)9-12)18-21(19,20)15-8-3-2-5-13(15)10-17/h2-9,11,18H,1H3/t11-/m1/s1. The smallest absolute Gasteiger partial charge is 0.207 e. The Hall–Kier alpha value is -1.87. The Morgan fingerprint density at radius 1 is 1.19 bits per heavy atom. The summed E-state index contributed by atoms with van der Waals surface area (Å²) in [6.45, 7) is 1.72. The molecule has 0 heterocycles. The number of sulfonamides is 1. The van der Waals surface area contributed by atoms with Crippen LogP contribution in [0.1, 0.15) is 24.1 Å². The zero-order valence-corrected chi connectivity index (χ0v) is 12.8. The van der Waals surface area contributed by atoms with Gasteiger partial charge in [0, 0.05) is 11.1 Å². The van der Waals surface area contributed by atoms with Gasteiger partial charge in [0.2, 0.25) is 10.0 Å². The molecule has 0 radical (unpaired) electrons. The lowest BCUT2D eigenvalue weighted by molar-refractivity contribution is 0.566. The molecule has 4 nitrogen and oxygen atoms in total. The van der Waals surface area contributed by atoms with Gasteiger partial charge in [-0.25, -0.2) is 13.1 Å². The summed E-state index contributed by atoms with van der Waals surface area (Å²) in [5, 5.41) is 9.55. The Bertz CT molecular complexity index is 797. The first-order valence-electron chi connectivity index (χ1n) is 6.21. The van der Waals surface area contributed by atoms with E-state index in [0.29, 0.717) is 5.02 Å². The average Bonchev–Trinajstić information content (AvgIpc) is 2.46. The van der Waals surface area contributed by atoms with Crippen LogP contribution in [-0.4, -0.2) is 8.42 Å². The molecular weight excluding hydrogens is 308 g/mol. The summed E-state index contributed by atoms with van der Waals surface area (Å²) < 4.78 is 27.3. The van der Waals surface area contributed by atoms with Crippen LogP contribution in [0.25, 0.3) is 0 Å². The van der Waals surface area contributed by atoms with Crippen molar-refractivity contribution in [2.45, 2.75) is 17.9 Å². The van der Waals surface area contributed by atoms with Crippen LogP contribution in [-0.2, 0) is 10.0 Å². The molecule has 1 atom stereocenters. The van der Waals surface area contributed by atoms with Gasteiger partial charge in [0.1, 0.15) is 6.07 Å². The summed E-state index contributed by atoms with van der Waals surface area (Å²) >= 11 is 5.90. The second-order valence-corrected chi connectivity index (χ2v) is 6.62. The Balaban J connectivity index is 2.32. The molecule has 2 rings (SSSR count). The van der Waals surface area contributed by atoms with Gasteiger partial charge in [0.25, 0.3) is 0 Å². The van der Waals surface area contributed by atoms with Crippen molar-refractivity contribution in [1.29, 1.82) is 5.26 Å². The number of rotatable bonds is 4. The van der Waals surface area contributed by atoms with E-state index in [1.807, 2.05) is 6.07 Å². The molecule has 0 spiro atoms. The minimum atomic E-state index is -3.78. The Morgan fingerprint density at radius 2 is 1.90 bits per heavy atom. The van der Waals surface area contributed by atoms with Crippen LogP contribution in [0.15, 0.2) is 53.4 Å². The Labute approximate surface area is 129 Å². The van der Waals surface area contributed by atoms with Gasteiger partial charge in [-0.15, -0.1) is 0 Å². The lowest BCUT2D eigenvalue weighted by atomic mass is 10.1. The van der Waals surface area contributed by atoms with Crippen molar-refractivity contribution in [1.82, 2.24) is 4.72 Å². The van der Waals surface area contributed by atoms with Crippen molar-refractivity contribution in [3.8, 4) is 6.07 Å². The van der Waals surface area contributed by atoms with Crippen LogP contribution < -0.4 is 4.72 Å². The molecule has 0 aliphatic heterocycles. The molecule has 1 N–H and O–H groups in total. The normalized spacial score (nSPS) is 12.6. The number of nitrogens with zero attached hydrogens (tertiary/aromatic N) is 1. The molecule has 0 bridgehead atoms. The van der Waals surface area contributed by atoms with Gasteiger partial charge in [0.15, 0.2) is 0 Å². The van der Waals surface area contributed by atoms with Gasteiger partial charge < -0.3 is 0 Å². The molecule has 21 heavy (non-hydrogen) atoms. The van der Waals surface area contributed by atoms with E-state index in [9.17, 15) is 8.42 Å². The van der Waals surface area contributed by atoms with Gasteiger partial charge in [0.05, 0.1) is 10.5 Å². The van der Waals surface area contributed by atoms with Crippen molar-refractivity contribution in [2.75, 3.05) is 0 Å². The van der Waals surface area contributed by atoms with Crippen LogP contribution in [0.2, 0.25) is 5.02 Å². The third-order valence-corrected chi connectivity index (χ3v) is 4.81. The summed E-state index contributed by atoms with van der Waals surface area (Å²) in [4.78, 5) is -0.0265. The van der Waals surface area contributed by atoms with E-state index < -0.39 is 16.1 Å². The fourth-order valence-electron chi connectivity index (χ4n) is 1.93. The maximum absolute atomic E-state index is 12.4. The molecule has 2 aromatic carbocycles. The first kappa shape index (κ1) is 15.5. The molecule has 6 heteroatoms. The highest BCUT2D eigenvalue weighted by Gasteiger charge is 2.21. The minimum absolute atomic E-state index is 0.0265. The van der Waals surface area contributed by atoms with E-state index in [-0.39, 0.29) is 10.5 Å². The number of benzene rings is 2. The van der Waals surface area contributed by atoms with Crippen LogP contribution in [0, 0.1) is 11.3 Å². The van der Waals surface area contributed by atoms with Gasteiger partial charge >= 0.3 is 0 Å². The molecule has 0 saturated carbocycles.